The summed E-state index contributed by atoms with van der Waals surface area (Å²) < 4.78 is 10.9. The Morgan fingerprint density at radius 2 is 2.17 bits per heavy atom. The Labute approximate surface area is 103 Å². The van der Waals surface area contributed by atoms with Crippen molar-refractivity contribution >= 4 is 23.4 Å². The Hall–Kier alpha value is 0.520. The van der Waals surface area contributed by atoms with Gasteiger partial charge in [0.05, 0.1) is 0 Å². The van der Waals surface area contributed by atoms with Gasteiger partial charge in [-0.2, -0.15) is 0 Å². The number of phenols is 1. The van der Waals surface area contributed by atoms with Gasteiger partial charge in [-0.1, -0.05) is 0 Å². The molecule has 1 unspecified atom stereocenters. The van der Waals surface area contributed by atoms with Gasteiger partial charge in [-0.05, 0) is 18.2 Å². The minimum atomic E-state index is -1.04. The van der Waals surface area contributed by atoms with Crippen LogP contribution in [0.3, 0.4) is 0 Å². The number of rotatable bonds is 1. The average molecular weight is 212 g/mol. The van der Waals surface area contributed by atoms with E-state index < -0.39 is 10.8 Å². The summed E-state index contributed by atoms with van der Waals surface area (Å²) in [6.45, 7) is 0. The molecule has 1 aromatic rings. The van der Waals surface area contributed by atoms with Gasteiger partial charge < -0.3 is 6.53 Å². The third-order valence-corrected chi connectivity index (χ3v) is 2.57. The molecule has 0 fully saturated rings. The van der Waals surface area contributed by atoms with Crippen molar-refractivity contribution in [2.45, 2.75) is 9.79 Å². The summed E-state index contributed by atoms with van der Waals surface area (Å²) in [5.74, 6) is 0.0704. The molecule has 0 spiro atoms. The van der Waals surface area contributed by atoms with Gasteiger partial charge in [0.2, 0.25) is 0 Å². The summed E-state index contributed by atoms with van der Waals surface area (Å²) in [6, 6.07) is 4.76. The van der Waals surface area contributed by atoms with E-state index in [-0.39, 0.29) is 36.7 Å². The first-order valence-electron chi connectivity index (χ1n) is 2.96. The Balaban J connectivity index is 0. The van der Waals surface area contributed by atoms with Crippen LogP contribution in [0.4, 0.5) is 0 Å². The summed E-state index contributed by atoms with van der Waals surface area (Å²) in [7, 11) is -1.04. The van der Waals surface area contributed by atoms with Crippen LogP contribution in [-0.4, -0.2) is 15.6 Å². The number of aromatic hydroxyl groups is 1. The fourth-order valence-corrected chi connectivity index (χ4v) is 1.36. The van der Waals surface area contributed by atoms with Crippen LogP contribution < -0.4 is 29.6 Å². The molecule has 0 aromatic heterocycles. The zero-order chi connectivity index (χ0) is 8.43. The second kappa shape index (κ2) is 5.29. The monoisotopic (exact) mass is 212 g/mol. The Kier molecular flexibility index (Phi) is 5.52. The zero-order valence-electron chi connectivity index (χ0n) is 7.94. The third kappa shape index (κ3) is 3.11. The molecular formula is C7H9NaO2S2. The first-order chi connectivity index (χ1) is 5.11. The molecule has 0 aliphatic carbocycles. The maximum absolute atomic E-state index is 10.9. The third-order valence-electron chi connectivity index (χ3n) is 1.28. The van der Waals surface area contributed by atoms with Gasteiger partial charge in [-0.3, -0.25) is 4.21 Å². The fourth-order valence-electron chi connectivity index (χ4n) is 0.682. The predicted molar refractivity (Wildman–Crippen MR) is 48.8 cm³/mol. The Morgan fingerprint density at radius 3 is 2.58 bits per heavy atom. The maximum Gasteiger partial charge on any atom is 1.00 e. The van der Waals surface area contributed by atoms with Gasteiger partial charge in [0.1, 0.15) is 5.75 Å². The van der Waals surface area contributed by atoms with Crippen LogP contribution in [0.5, 0.6) is 5.75 Å². The van der Waals surface area contributed by atoms with Crippen molar-refractivity contribution in [2.75, 3.05) is 6.26 Å². The molecule has 0 bridgehead atoms. The van der Waals surface area contributed by atoms with Crippen LogP contribution in [-0.2, 0) is 10.8 Å². The molecular weight excluding hydrogens is 203 g/mol. The van der Waals surface area contributed by atoms with Crippen LogP contribution in [0.1, 0.15) is 1.43 Å². The molecule has 5 heteroatoms. The van der Waals surface area contributed by atoms with E-state index in [9.17, 15) is 4.21 Å². The van der Waals surface area contributed by atoms with Gasteiger partial charge in [0.15, 0.2) is 0 Å². The Morgan fingerprint density at radius 1 is 1.58 bits per heavy atom. The maximum atomic E-state index is 10.9. The van der Waals surface area contributed by atoms with Crippen molar-refractivity contribution in [3.8, 4) is 5.75 Å². The largest absolute Gasteiger partial charge is 1.00 e. The number of hydrogen-bond donors (Lipinski definition) is 2. The second-order valence-electron chi connectivity index (χ2n) is 2.10. The van der Waals surface area contributed by atoms with Gasteiger partial charge in [-0.15, -0.1) is 12.6 Å². The summed E-state index contributed by atoms with van der Waals surface area (Å²) in [5.41, 5.74) is 0. The van der Waals surface area contributed by atoms with Crippen LogP contribution in [0.2, 0.25) is 0 Å². The van der Waals surface area contributed by atoms with Crippen molar-refractivity contribution in [2.24, 2.45) is 0 Å². The van der Waals surface area contributed by atoms with E-state index in [0.717, 1.165) is 0 Å². The zero-order valence-corrected chi connectivity index (χ0v) is 10.7. The topological polar surface area (TPSA) is 37.3 Å². The van der Waals surface area contributed by atoms with Gasteiger partial charge in [0.25, 0.3) is 0 Å². The quantitative estimate of drug-likeness (QED) is 0.441. The summed E-state index contributed by atoms with van der Waals surface area (Å²) >= 11 is 3.96. The van der Waals surface area contributed by atoms with E-state index in [2.05, 4.69) is 12.6 Å². The molecule has 2 nitrogen and oxygen atoms in total. The van der Waals surface area contributed by atoms with E-state index >= 15 is 0 Å². The SMILES string of the molecule is CS(=O)c1ccc(S)c(O)c1.[H-].[Na+]. The molecule has 1 rings (SSSR count). The standard InChI is InChI=1S/C7H8O2S2.Na.H/c1-11(9)5-2-3-7(10)6(8)4-5;;/h2-4,8,10H,1H3;;/q;+1;-1. The molecule has 1 N–H and O–H groups in total. The van der Waals surface area contributed by atoms with E-state index in [0.29, 0.717) is 9.79 Å². The summed E-state index contributed by atoms with van der Waals surface area (Å²) in [4.78, 5) is 1.11. The van der Waals surface area contributed by atoms with Gasteiger partial charge in [-0.25, -0.2) is 0 Å². The van der Waals surface area contributed by atoms with Crippen molar-refractivity contribution in [3.05, 3.63) is 18.2 Å². The van der Waals surface area contributed by atoms with Crippen LogP contribution in [0.15, 0.2) is 28.0 Å². The molecule has 0 amide bonds. The van der Waals surface area contributed by atoms with E-state index in [4.69, 9.17) is 5.11 Å². The second-order valence-corrected chi connectivity index (χ2v) is 3.97. The molecule has 0 aliphatic heterocycles. The molecule has 62 valence electrons. The smallest absolute Gasteiger partial charge is 1.00 e. The number of hydrogen-bond acceptors (Lipinski definition) is 3. The molecule has 12 heavy (non-hydrogen) atoms. The van der Waals surface area contributed by atoms with Crippen molar-refractivity contribution < 1.29 is 40.3 Å². The van der Waals surface area contributed by atoms with Crippen LogP contribution in [0, 0.1) is 0 Å². The molecule has 1 atom stereocenters. The fraction of sp³-hybridized carbons (Fsp3) is 0.143. The van der Waals surface area contributed by atoms with Gasteiger partial charge in [0, 0.05) is 26.8 Å². The number of benzene rings is 1. The predicted octanol–water partition coefficient (Wildman–Crippen LogP) is -1.47. The van der Waals surface area contributed by atoms with Crippen LogP contribution >= 0.6 is 12.6 Å². The summed E-state index contributed by atoms with van der Waals surface area (Å²) in [5, 5.41) is 9.14. The first-order valence-corrected chi connectivity index (χ1v) is 4.97. The molecule has 0 aliphatic rings. The molecule has 0 saturated heterocycles. The summed E-state index contributed by atoms with van der Waals surface area (Å²) in [6.07, 6.45) is 1.56. The molecule has 0 saturated carbocycles. The molecule has 1 aromatic carbocycles. The van der Waals surface area contributed by atoms with E-state index in [1.807, 2.05) is 0 Å². The first kappa shape index (κ1) is 12.5. The molecule has 0 heterocycles. The minimum absolute atomic E-state index is 0. The van der Waals surface area contributed by atoms with Crippen LogP contribution in [0.25, 0.3) is 0 Å². The van der Waals surface area contributed by atoms with Crippen molar-refractivity contribution in [1.82, 2.24) is 0 Å². The molecule has 0 radical (unpaired) electrons. The Bertz CT molecular complexity index is 307. The number of phenolic OH excluding ortho intramolecular Hbond substituents is 1. The minimum Gasteiger partial charge on any atom is -1.00 e. The van der Waals surface area contributed by atoms with Crippen molar-refractivity contribution in [3.63, 3.8) is 0 Å². The van der Waals surface area contributed by atoms with E-state index in [1.165, 1.54) is 6.07 Å². The number of thiol groups is 1. The average Bonchev–Trinajstić information content (AvgIpc) is 1.94. The van der Waals surface area contributed by atoms with Gasteiger partial charge >= 0.3 is 29.6 Å². The van der Waals surface area contributed by atoms with E-state index in [1.54, 1.807) is 18.4 Å². The normalized spacial score (nSPS) is 11.8. The van der Waals surface area contributed by atoms with Crippen molar-refractivity contribution in [1.29, 1.82) is 0 Å².